The number of carbonyl (C=O) groups is 1. The monoisotopic (exact) mass is 580 g/mol. The fraction of sp³-hybridized carbons (Fsp3) is 0.385. The summed E-state index contributed by atoms with van der Waals surface area (Å²) in [5.74, 6) is -0.807. The molecule has 4 rings (SSSR count). The second-order valence-electron chi connectivity index (χ2n) is 9.91. The molecule has 2 aliphatic heterocycles. The lowest BCUT2D eigenvalue weighted by Crippen LogP contribution is -2.38. The van der Waals surface area contributed by atoms with Crippen molar-refractivity contribution in [2.45, 2.75) is 45.8 Å². The van der Waals surface area contributed by atoms with Gasteiger partial charge in [-0.1, -0.05) is 35.9 Å². The highest BCUT2D eigenvalue weighted by atomic mass is 35.5. The van der Waals surface area contributed by atoms with Crippen molar-refractivity contribution in [1.29, 1.82) is 0 Å². The van der Waals surface area contributed by atoms with Crippen molar-refractivity contribution < 1.29 is 22.3 Å². The number of carbonyl (C=O) groups excluding carboxylic acids is 1. The van der Waals surface area contributed by atoms with E-state index in [0.717, 1.165) is 36.5 Å². The topological polar surface area (TPSA) is 91.3 Å². The number of ether oxygens (including phenoxy) is 1. The predicted octanol–water partition coefficient (Wildman–Crippen LogP) is 5.33. The van der Waals surface area contributed by atoms with Crippen LogP contribution in [0.25, 0.3) is 0 Å². The zero-order valence-corrected chi connectivity index (χ0v) is 23.8. The second kappa shape index (κ2) is 12.0. The molecule has 1 saturated heterocycles. The van der Waals surface area contributed by atoms with Gasteiger partial charge in [0.15, 0.2) is 5.82 Å². The molecule has 2 aromatic carbocycles. The van der Waals surface area contributed by atoms with Crippen LogP contribution in [0.4, 0.5) is 20.6 Å². The summed E-state index contributed by atoms with van der Waals surface area (Å²) in [5, 5.41) is 4.66. The van der Waals surface area contributed by atoms with Crippen LogP contribution in [-0.4, -0.2) is 50.2 Å². The van der Waals surface area contributed by atoms with E-state index in [9.17, 15) is 13.2 Å². The molecule has 12 heteroatoms. The fourth-order valence-corrected chi connectivity index (χ4v) is 5.82. The first-order chi connectivity index (χ1) is 18.0. The van der Waals surface area contributed by atoms with Crippen LogP contribution in [0.15, 0.2) is 52.6 Å². The van der Waals surface area contributed by atoms with E-state index in [2.05, 4.69) is 21.3 Å². The van der Waals surface area contributed by atoms with E-state index in [1.165, 1.54) is 35.1 Å². The Hall–Kier alpha value is -2.73. The van der Waals surface area contributed by atoms with Gasteiger partial charge >= 0.3 is 6.09 Å². The average Bonchev–Trinajstić information content (AvgIpc) is 3.29. The van der Waals surface area contributed by atoms with Crippen LogP contribution in [0.2, 0.25) is 5.02 Å². The molecule has 0 aliphatic carbocycles. The third-order valence-corrected chi connectivity index (χ3v) is 8.86. The quantitative estimate of drug-likeness (QED) is 0.453. The Kier molecular flexibility index (Phi) is 8.92. The summed E-state index contributed by atoms with van der Waals surface area (Å²) < 4.78 is 43.8. The second-order valence-corrected chi connectivity index (χ2v) is 13.8. The summed E-state index contributed by atoms with van der Waals surface area (Å²) in [4.78, 5) is 20.4. The SMILES string of the molecule is CC(C)(C)OC(=O)N(C1=CS(=S(=O)=O)C=N1)c1cc(Cl)c(NCc2ccccc2CCN2CCC2)cc1F. The van der Waals surface area contributed by atoms with E-state index in [1.54, 1.807) is 20.8 Å². The maximum absolute atomic E-state index is 15.5. The van der Waals surface area contributed by atoms with Crippen molar-refractivity contribution in [3.05, 3.63) is 69.6 Å². The molecule has 2 heterocycles. The first-order valence-corrected chi connectivity index (χ1v) is 15.5. The van der Waals surface area contributed by atoms with Gasteiger partial charge in [0.2, 0.25) is 9.26 Å². The van der Waals surface area contributed by atoms with Crippen LogP contribution in [0.5, 0.6) is 0 Å². The lowest BCUT2D eigenvalue weighted by atomic mass is 10.0. The lowest BCUT2D eigenvalue weighted by molar-refractivity contribution is 0.0591. The van der Waals surface area contributed by atoms with Gasteiger partial charge in [-0.2, -0.15) is 8.42 Å². The first-order valence-electron chi connectivity index (χ1n) is 12.1. The molecule has 8 nitrogen and oxygen atoms in total. The van der Waals surface area contributed by atoms with Crippen LogP contribution >= 0.6 is 11.6 Å². The maximum atomic E-state index is 15.5. The molecular formula is C26H30ClFN4O4S2. The molecule has 1 amide bonds. The summed E-state index contributed by atoms with van der Waals surface area (Å²) >= 11 is 6.53. The molecular weight excluding hydrogens is 551 g/mol. The van der Waals surface area contributed by atoms with Crippen LogP contribution in [0, 0.1) is 5.82 Å². The lowest BCUT2D eigenvalue weighted by Gasteiger charge is -2.30. The number of rotatable bonds is 8. The number of nitrogens with one attached hydrogen (secondary N) is 1. The third kappa shape index (κ3) is 7.02. The van der Waals surface area contributed by atoms with E-state index in [4.69, 9.17) is 16.3 Å². The highest BCUT2D eigenvalue weighted by Crippen LogP contribution is 2.35. The van der Waals surface area contributed by atoms with Crippen molar-refractivity contribution >= 4 is 53.3 Å². The number of hydrogen-bond acceptors (Lipinski definition) is 7. The molecule has 0 radical (unpaired) electrons. The normalized spacial score (nSPS) is 17.1. The number of likely N-dealkylation sites (tertiary alicyclic amines) is 1. The van der Waals surface area contributed by atoms with E-state index in [0.29, 0.717) is 12.2 Å². The van der Waals surface area contributed by atoms with Crippen molar-refractivity contribution in [3.63, 3.8) is 0 Å². The predicted molar refractivity (Wildman–Crippen MR) is 152 cm³/mol. The van der Waals surface area contributed by atoms with E-state index < -0.39 is 36.2 Å². The summed E-state index contributed by atoms with van der Waals surface area (Å²) in [6, 6.07) is 10.6. The summed E-state index contributed by atoms with van der Waals surface area (Å²) in [6.07, 6.45) is 1.27. The van der Waals surface area contributed by atoms with Crippen molar-refractivity contribution in [2.24, 2.45) is 4.99 Å². The van der Waals surface area contributed by atoms with Gasteiger partial charge in [-0.25, -0.2) is 19.1 Å². The van der Waals surface area contributed by atoms with E-state index in [-0.39, 0.29) is 16.5 Å². The Morgan fingerprint density at radius 2 is 1.95 bits per heavy atom. The Labute approximate surface area is 230 Å². The summed E-state index contributed by atoms with van der Waals surface area (Å²) in [6.45, 7) is 8.73. The van der Waals surface area contributed by atoms with Crippen molar-refractivity contribution in [2.75, 3.05) is 29.9 Å². The van der Waals surface area contributed by atoms with Gasteiger partial charge in [-0.15, -0.1) is 0 Å². The Morgan fingerprint density at radius 1 is 1.24 bits per heavy atom. The zero-order chi connectivity index (χ0) is 27.4. The van der Waals surface area contributed by atoms with Crippen LogP contribution in [0.1, 0.15) is 38.3 Å². The van der Waals surface area contributed by atoms with Gasteiger partial charge in [0.05, 0.1) is 21.9 Å². The van der Waals surface area contributed by atoms with Gasteiger partial charge in [0.25, 0.3) is 0 Å². The minimum Gasteiger partial charge on any atom is -0.443 e. The smallest absolute Gasteiger partial charge is 0.420 e. The molecule has 0 saturated carbocycles. The molecule has 0 spiro atoms. The fourth-order valence-electron chi connectivity index (χ4n) is 3.97. The first kappa shape index (κ1) is 28.3. The van der Waals surface area contributed by atoms with Crippen molar-refractivity contribution in [1.82, 2.24) is 4.90 Å². The highest BCUT2D eigenvalue weighted by molar-refractivity contribution is 8.42. The highest BCUT2D eigenvalue weighted by Gasteiger charge is 2.30. The van der Waals surface area contributed by atoms with Gasteiger partial charge in [0, 0.05) is 34.0 Å². The minimum absolute atomic E-state index is 0.0569. The minimum atomic E-state index is -2.46. The molecule has 1 N–H and O–H groups in total. The third-order valence-electron chi connectivity index (χ3n) is 5.98. The van der Waals surface area contributed by atoms with Crippen LogP contribution < -0.4 is 10.2 Å². The maximum Gasteiger partial charge on any atom is 0.420 e. The van der Waals surface area contributed by atoms with Crippen molar-refractivity contribution in [3.8, 4) is 0 Å². The summed E-state index contributed by atoms with van der Waals surface area (Å²) in [5.41, 5.74) is 2.77. The molecule has 2 aromatic rings. The number of aliphatic imine (C=N–C) groups is 1. The number of nitrogens with zero attached hydrogens (tertiary/aromatic N) is 3. The van der Waals surface area contributed by atoms with Gasteiger partial charge in [0.1, 0.15) is 11.4 Å². The van der Waals surface area contributed by atoms with Gasteiger partial charge in [-0.05, 0) is 63.9 Å². The van der Waals surface area contributed by atoms with E-state index in [1.807, 2.05) is 18.2 Å². The Morgan fingerprint density at radius 3 is 2.55 bits per heavy atom. The Balaban J connectivity index is 1.58. The molecule has 1 fully saturated rings. The molecule has 0 aromatic heterocycles. The average molecular weight is 581 g/mol. The van der Waals surface area contributed by atoms with E-state index >= 15 is 4.39 Å². The largest absolute Gasteiger partial charge is 0.443 e. The number of halogens is 2. The van der Waals surface area contributed by atoms with Crippen LogP contribution in [0.3, 0.4) is 0 Å². The van der Waals surface area contributed by atoms with Crippen LogP contribution in [-0.2, 0) is 36.4 Å². The molecule has 0 bridgehead atoms. The molecule has 38 heavy (non-hydrogen) atoms. The molecule has 2 aliphatic rings. The Bertz CT molecular complexity index is 1430. The van der Waals surface area contributed by atoms with Gasteiger partial charge < -0.3 is 15.0 Å². The molecule has 204 valence electrons. The standard InChI is InChI=1S/C26H30ClFN4O4S2/c1-26(2,3)36-25(33)32(24-16-37(17-30-24)38(34)35)23-13-20(27)22(14-21(23)28)29-15-19-8-5-4-7-18(19)9-12-31-10-6-11-31/h4-5,7-8,13-14,16-17,29H,6,9-12,15H2,1-3H3. The van der Waals surface area contributed by atoms with Gasteiger partial charge in [-0.3, -0.25) is 0 Å². The number of amides is 1. The molecule has 1 unspecified atom stereocenters. The number of hydrogen-bond donors (Lipinski definition) is 1. The summed E-state index contributed by atoms with van der Waals surface area (Å²) in [7, 11) is -3.81. The number of anilines is 2. The zero-order valence-electron chi connectivity index (χ0n) is 21.4. The molecule has 1 atom stereocenters. The number of benzene rings is 2.